The van der Waals surface area contributed by atoms with Crippen molar-refractivity contribution in [3.05, 3.63) is 0 Å². The van der Waals surface area contributed by atoms with Gasteiger partial charge < -0.3 is 15.3 Å². The van der Waals surface area contributed by atoms with Gasteiger partial charge in [0.25, 0.3) is 0 Å². The van der Waals surface area contributed by atoms with Crippen LogP contribution in [-0.4, -0.2) is 40.6 Å². The first-order chi connectivity index (χ1) is 9.61. The Bertz CT molecular complexity index is 355. The van der Waals surface area contributed by atoms with Crippen LogP contribution < -0.4 is 5.32 Å². The Morgan fingerprint density at radius 2 is 2.00 bits per heavy atom. The second kappa shape index (κ2) is 6.95. The Labute approximate surface area is 120 Å². The summed E-state index contributed by atoms with van der Waals surface area (Å²) in [6.45, 7) is 2.92. The molecule has 1 saturated heterocycles. The smallest absolute Gasteiger partial charge is 0.317 e. The Balaban J connectivity index is 1.95. The minimum atomic E-state index is -0.829. The van der Waals surface area contributed by atoms with Crippen LogP contribution in [0.5, 0.6) is 0 Å². The van der Waals surface area contributed by atoms with Crippen LogP contribution in [0, 0.1) is 5.92 Å². The van der Waals surface area contributed by atoms with Crippen LogP contribution in [0.2, 0.25) is 0 Å². The number of nitrogens with zero attached hydrogens (tertiary/aromatic N) is 1. The van der Waals surface area contributed by atoms with Crippen LogP contribution in [0.25, 0.3) is 0 Å². The molecule has 2 atom stereocenters. The van der Waals surface area contributed by atoms with Crippen LogP contribution in [0.4, 0.5) is 4.79 Å². The number of carbonyl (C=O) groups is 2. The predicted octanol–water partition coefficient (Wildman–Crippen LogP) is 2.60. The fourth-order valence-corrected chi connectivity index (χ4v) is 3.13. The summed E-state index contributed by atoms with van der Waals surface area (Å²) in [4.78, 5) is 25.3. The highest BCUT2D eigenvalue weighted by molar-refractivity contribution is 5.76. The zero-order valence-corrected chi connectivity index (χ0v) is 12.3. The summed E-state index contributed by atoms with van der Waals surface area (Å²) in [6, 6.07) is 0.0554. The fraction of sp³-hybridized carbons (Fsp3) is 0.867. The number of likely N-dealkylation sites (tertiary alicyclic amines) is 1. The quantitative estimate of drug-likeness (QED) is 0.814. The van der Waals surface area contributed by atoms with Crippen LogP contribution in [0.1, 0.15) is 58.3 Å². The molecule has 2 amide bonds. The molecule has 5 nitrogen and oxygen atoms in total. The molecule has 1 heterocycles. The summed E-state index contributed by atoms with van der Waals surface area (Å²) >= 11 is 0. The fourth-order valence-electron chi connectivity index (χ4n) is 3.13. The van der Waals surface area contributed by atoms with Crippen molar-refractivity contribution in [2.45, 2.75) is 70.4 Å². The van der Waals surface area contributed by atoms with E-state index >= 15 is 0 Å². The van der Waals surface area contributed by atoms with E-state index in [9.17, 15) is 9.59 Å². The first-order valence-electron chi connectivity index (χ1n) is 7.90. The summed E-state index contributed by atoms with van der Waals surface area (Å²) in [6.07, 6.45) is 7.57. The van der Waals surface area contributed by atoms with Crippen molar-refractivity contribution in [3.8, 4) is 0 Å². The van der Waals surface area contributed by atoms with Crippen molar-refractivity contribution in [1.82, 2.24) is 10.2 Å². The third-order valence-corrected chi connectivity index (χ3v) is 4.50. The van der Waals surface area contributed by atoms with Gasteiger partial charge >= 0.3 is 12.0 Å². The normalized spacial score (nSPS) is 24.9. The van der Waals surface area contributed by atoms with Crippen molar-refractivity contribution < 1.29 is 14.7 Å². The molecule has 0 aromatic heterocycles. The maximum Gasteiger partial charge on any atom is 0.317 e. The van der Waals surface area contributed by atoms with Gasteiger partial charge in [0, 0.05) is 18.6 Å². The van der Waals surface area contributed by atoms with E-state index in [0.29, 0.717) is 12.0 Å². The molecule has 20 heavy (non-hydrogen) atoms. The van der Waals surface area contributed by atoms with E-state index in [0.717, 1.165) is 38.6 Å². The molecule has 2 unspecified atom stereocenters. The van der Waals surface area contributed by atoms with Gasteiger partial charge in [0.1, 0.15) is 0 Å². The van der Waals surface area contributed by atoms with Crippen LogP contribution in [-0.2, 0) is 4.79 Å². The first kappa shape index (κ1) is 15.1. The Morgan fingerprint density at radius 3 is 2.60 bits per heavy atom. The Hall–Kier alpha value is -1.26. The maximum atomic E-state index is 12.5. The van der Waals surface area contributed by atoms with E-state index in [-0.39, 0.29) is 18.5 Å². The van der Waals surface area contributed by atoms with Crippen molar-refractivity contribution in [2.24, 2.45) is 5.92 Å². The third-order valence-electron chi connectivity index (χ3n) is 4.50. The van der Waals surface area contributed by atoms with E-state index in [2.05, 4.69) is 12.2 Å². The summed E-state index contributed by atoms with van der Waals surface area (Å²) in [5.74, 6) is -0.466. The van der Waals surface area contributed by atoms with Gasteiger partial charge in [-0.15, -0.1) is 0 Å². The van der Waals surface area contributed by atoms with Crippen molar-refractivity contribution in [3.63, 3.8) is 0 Å². The number of hydrogen-bond donors (Lipinski definition) is 2. The van der Waals surface area contributed by atoms with Gasteiger partial charge in [-0.3, -0.25) is 4.79 Å². The largest absolute Gasteiger partial charge is 0.481 e. The summed E-state index contributed by atoms with van der Waals surface area (Å²) in [5.41, 5.74) is 0. The zero-order chi connectivity index (χ0) is 14.5. The number of urea groups is 1. The molecule has 0 aromatic rings. The van der Waals surface area contributed by atoms with Crippen LogP contribution >= 0.6 is 0 Å². The van der Waals surface area contributed by atoms with Crippen molar-refractivity contribution >= 4 is 12.0 Å². The maximum absolute atomic E-state index is 12.5. The highest BCUT2D eigenvalue weighted by Crippen LogP contribution is 2.34. The molecular weight excluding hydrogens is 256 g/mol. The molecule has 0 bridgehead atoms. The lowest BCUT2D eigenvalue weighted by Crippen LogP contribution is -2.50. The lowest BCUT2D eigenvalue weighted by molar-refractivity contribution is -0.137. The summed E-state index contributed by atoms with van der Waals surface area (Å²) in [5, 5.41) is 11.9. The van der Waals surface area contributed by atoms with Gasteiger partial charge in [-0.2, -0.15) is 0 Å². The zero-order valence-electron chi connectivity index (χ0n) is 12.3. The number of rotatable bonds is 5. The molecule has 1 aliphatic carbocycles. The second-order valence-electron chi connectivity index (χ2n) is 6.10. The van der Waals surface area contributed by atoms with Gasteiger partial charge in [-0.1, -0.05) is 19.8 Å². The molecule has 0 spiro atoms. The number of carboxylic acids is 1. The Morgan fingerprint density at radius 1 is 1.25 bits per heavy atom. The number of carbonyl (C=O) groups excluding carboxylic acids is 1. The third kappa shape index (κ3) is 4.12. The molecule has 2 rings (SSSR count). The van der Waals surface area contributed by atoms with Gasteiger partial charge in [0.05, 0.1) is 6.42 Å². The number of nitrogens with one attached hydrogen (secondary N) is 1. The van der Waals surface area contributed by atoms with Gasteiger partial charge in [-0.05, 0) is 38.0 Å². The summed E-state index contributed by atoms with van der Waals surface area (Å²) in [7, 11) is 0. The minimum Gasteiger partial charge on any atom is -0.481 e. The van der Waals surface area contributed by atoms with Gasteiger partial charge in [-0.25, -0.2) is 4.79 Å². The van der Waals surface area contributed by atoms with Crippen molar-refractivity contribution in [2.75, 3.05) is 6.54 Å². The SMILES string of the molecule is CCC1CCCCCN1C(=O)NC(CC(=O)O)C1CC1. The van der Waals surface area contributed by atoms with Crippen LogP contribution in [0.15, 0.2) is 0 Å². The molecule has 2 N–H and O–H groups in total. The average molecular weight is 282 g/mol. The molecule has 0 radical (unpaired) electrons. The van der Waals surface area contributed by atoms with E-state index in [4.69, 9.17) is 5.11 Å². The highest BCUT2D eigenvalue weighted by Gasteiger charge is 2.35. The van der Waals surface area contributed by atoms with Crippen LogP contribution in [0.3, 0.4) is 0 Å². The number of amides is 2. The average Bonchev–Trinajstić information content (AvgIpc) is 3.23. The van der Waals surface area contributed by atoms with E-state index in [1.807, 2.05) is 4.90 Å². The number of carboxylic acid groups (broad SMARTS) is 1. The molecule has 1 saturated carbocycles. The first-order valence-corrected chi connectivity index (χ1v) is 7.90. The minimum absolute atomic E-state index is 0.0427. The lowest BCUT2D eigenvalue weighted by atomic mass is 10.1. The molecule has 5 heteroatoms. The van der Waals surface area contributed by atoms with E-state index in [1.54, 1.807) is 0 Å². The molecule has 1 aliphatic heterocycles. The highest BCUT2D eigenvalue weighted by atomic mass is 16.4. The topological polar surface area (TPSA) is 69.6 Å². The van der Waals surface area contributed by atoms with Crippen molar-refractivity contribution in [1.29, 1.82) is 0 Å². The lowest BCUT2D eigenvalue weighted by Gasteiger charge is -2.31. The Kier molecular flexibility index (Phi) is 5.26. The van der Waals surface area contributed by atoms with E-state index in [1.165, 1.54) is 12.8 Å². The molecule has 0 aromatic carbocycles. The predicted molar refractivity (Wildman–Crippen MR) is 76.5 cm³/mol. The standard InChI is InChI=1S/C15H26N2O3/c1-2-12-6-4-3-5-9-17(12)15(20)16-13(10-14(18)19)11-7-8-11/h11-13H,2-10H2,1H3,(H,16,20)(H,18,19). The molecule has 114 valence electrons. The number of aliphatic carboxylic acids is 1. The molecule has 2 fully saturated rings. The van der Waals surface area contributed by atoms with E-state index < -0.39 is 5.97 Å². The second-order valence-corrected chi connectivity index (χ2v) is 6.10. The van der Waals surface area contributed by atoms with Gasteiger partial charge in [0.2, 0.25) is 0 Å². The molecule has 2 aliphatic rings. The van der Waals surface area contributed by atoms with Gasteiger partial charge in [0.15, 0.2) is 0 Å². The number of hydrogen-bond acceptors (Lipinski definition) is 2. The summed E-state index contributed by atoms with van der Waals surface area (Å²) < 4.78 is 0. The molecular formula is C15H26N2O3. The monoisotopic (exact) mass is 282 g/mol.